The van der Waals surface area contributed by atoms with Crippen molar-refractivity contribution in [3.63, 3.8) is 0 Å². The van der Waals surface area contributed by atoms with Gasteiger partial charge in [-0.25, -0.2) is 22.0 Å². The molecule has 11 heteroatoms. The van der Waals surface area contributed by atoms with E-state index in [9.17, 15) is 22.0 Å². The number of benzene rings is 1. The topological polar surface area (TPSA) is 67.5 Å². The highest BCUT2D eigenvalue weighted by molar-refractivity contribution is 5.81. The molecule has 0 unspecified atom stereocenters. The molecule has 24 heavy (non-hydrogen) atoms. The smallest absolute Gasteiger partial charge is 0.200 e. The fraction of sp³-hybridized carbons (Fsp3) is 0.0769. The molecule has 2 heterocycles. The van der Waals surface area contributed by atoms with Crippen LogP contribution in [0.15, 0.2) is 17.2 Å². The van der Waals surface area contributed by atoms with Crippen LogP contribution in [0, 0.1) is 36.0 Å². The van der Waals surface area contributed by atoms with E-state index in [4.69, 9.17) is 0 Å². The average molecular weight is 342 g/mol. The molecule has 0 aliphatic heterocycles. The Balaban J connectivity index is 1.90. The van der Waals surface area contributed by atoms with Gasteiger partial charge < -0.3 is 0 Å². The van der Waals surface area contributed by atoms with Gasteiger partial charge in [-0.2, -0.15) is 9.62 Å². The van der Waals surface area contributed by atoms with E-state index in [2.05, 4.69) is 25.8 Å². The van der Waals surface area contributed by atoms with Crippen molar-refractivity contribution in [1.29, 1.82) is 0 Å². The molecule has 124 valence electrons. The van der Waals surface area contributed by atoms with Crippen LogP contribution >= 0.6 is 0 Å². The number of rotatable bonds is 3. The van der Waals surface area contributed by atoms with Crippen molar-refractivity contribution in [2.45, 2.75) is 6.92 Å². The average Bonchev–Trinajstić information content (AvgIpc) is 2.95. The van der Waals surface area contributed by atoms with E-state index in [-0.39, 0.29) is 5.82 Å². The molecule has 2 aromatic heterocycles. The fourth-order valence-corrected chi connectivity index (χ4v) is 1.85. The number of aryl methyl sites for hydroxylation is 1. The number of anilines is 1. The number of aromatic nitrogens is 4. The molecule has 0 spiro atoms. The zero-order valence-corrected chi connectivity index (χ0v) is 11.9. The quantitative estimate of drug-likeness (QED) is 0.261. The predicted molar refractivity (Wildman–Crippen MR) is 73.0 cm³/mol. The van der Waals surface area contributed by atoms with Crippen LogP contribution in [0.25, 0.3) is 5.65 Å². The van der Waals surface area contributed by atoms with Crippen LogP contribution in [0.3, 0.4) is 0 Å². The Morgan fingerprint density at radius 3 is 2.25 bits per heavy atom. The van der Waals surface area contributed by atoms with Gasteiger partial charge in [-0.1, -0.05) is 0 Å². The largest absolute Gasteiger partial charge is 0.260 e. The van der Waals surface area contributed by atoms with Gasteiger partial charge >= 0.3 is 0 Å². The minimum atomic E-state index is -2.23. The molecular weight excluding hydrogens is 335 g/mol. The molecule has 3 rings (SSSR count). The first-order chi connectivity index (χ1) is 11.4. The van der Waals surface area contributed by atoms with Gasteiger partial charge in [-0.3, -0.25) is 5.43 Å². The van der Waals surface area contributed by atoms with Crippen LogP contribution in [-0.2, 0) is 0 Å². The Kier molecular flexibility index (Phi) is 3.83. The number of nitrogens with one attached hydrogen (secondary N) is 1. The second-order valence-electron chi connectivity index (χ2n) is 4.59. The second-order valence-corrected chi connectivity index (χ2v) is 4.59. The van der Waals surface area contributed by atoms with Crippen molar-refractivity contribution in [2.75, 3.05) is 5.43 Å². The number of hydrazone groups is 1. The summed E-state index contributed by atoms with van der Waals surface area (Å²) in [4.78, 5) is 0. The Morgan fingerprint density at radius 2 is 1.58 bits per heavy atom. The molecule has 1 aromatic carbocycles. The van der Waals surface area contributed by atoms with E-state index >= 15 is 0 Å². The second kappa shape index (κ2) is 5.83. The number of hydrogen-bond donors (Lipinski definition) is 1. The fourth-order valence-electron chi connectivity index (χ4n) is 1.85. The van der Waals surface area contributed by atoms with Crippen molar-refractivity contribution < 1.29 is 22.0 Å². The zero-order chi connectivity index (χ0) is 17.4. The molecule has 0 atom stereocenters. The molecule has 6 nitrogen and oxygen atoms in total. The third-order valence-electron chi connectivity index (χ3n) is 3.04. The first kappa shape index (κ1) is 15.8. The number of hydrogen-bond acceptors (Lipinski definition) is 5. The monoisotopic (exact) mass is 342 g/mol. The van der Waals surface area contributed by atoms with E-state index in [0.29, 0.717) is 17.7 Å². The normalized spacial score (nSPS) is 11.6. The highest BCUT2D eigenvalue weighted by Crippen LogP contribution is 2.21. The van der Waals surface area contributed by atoms with Crippen LogP contribution in [0.2, 0.25) is 0 Å². The van der Waals surface area contributed by atoms with Gasteiger partial charge in [0.15, 0.2) is 40.6 Å². The number of halogens is 5. The lowest BCUT2D eigenvalue weighted by Gasteiger charge is -2.04. The minimum absolute atomic E-state index is 0.144. The number of nitrogens with zero attached hydrogens (tertiary/aromatic N) is 5. The summed E-state index contributed by atoms with van der Waals surface area (Å²) in [6, 6.07) is 2.99. The van der Waals surface area contributed by atoms with E-state index in [1.54, 1.807) is 13.0 Å². The molecule has 0 amide bonds. The third kappa shape index (κ3) is 2.53. The van der Waals surface area contributed by atoms with Crippen molar-refractivity contribution in [3.05, 3.63) is 52.6 Å². The van der Waals surface area contributed by atoms with Gasteiger partial charge in [0.1, 0.15) is 0 Å². The van der Waals surface area contributed by atoms with Gasteiger partial charge in [0.25, 0.3) is 0 Å². The molecule has 0 fully saturated rings. The molecule has 0 aliphatic carbocycles. The van der Waals surface area contributed by atoms with Gasteiger partial charge in [-0.15, -0.1) is 15.3 Å². The summed E-state index contributed by atoms with van der Waals surface area (Å²) in [5.41, 5.74) is 1.61. The lowest BCUT2D eigenvalue weighted by atomic mass is 10.2. The molecule has 3 aromatic rings. The Labute approximate surface area is 130 Å². The van der Waals surface area contributed by atoms with Crippen molar-refractivity contribution in [1.82, 2.24) is 19.8 Å². The van der Waals surface area contributed by atoms with Crippen molar-refractivity contribution >= 4 is 17.7 Å². The van der Waals surface area contributed by atoms with Gasteiger partial charge in [0, 0.05) is 0 Å². The van der Waals surface area contributed by atoms with Crippen LogP contribution < -0.4 is 5.43 Å². The molecular formula is C13H7F5N6. The highest BCUT2D eigenvalue weighted by atomic mass is 19.2. The van der Waals surface area contributed by atoms with E-state index in [1.165, 1.54) is 10.6 Å². The van der Waals surface area contributed by atoms with Crippen LogP contribution in [0.5, 0.6) is 0 Å². The molecule has 0 saturated heterocycles. The molecule has 0 aliphatic rings. The maximum atomic E-state index is 13.5. The lowest BCUT2D eigenvalue weighted by molar-refractivity contribution is 0.377. The van der Waals surface area contributed by atoms with Crippen LogP contribution in [-0.4, -0.2) is 26.0 Å². The summed E-state index contributed by atoms with van der Waals surface area (Å²) in [5, 5.41) is 15.1. The van der Waals surface area contributed by atoms with Gasteiger partial charge in [0.2, 0.25) is 5.82 Å². The summed E-state index contributed by atoms with van der Waals surface area (Å²) in [5.74, 6) is -9.65. The lowest BCUT2D eigenvalue weighted by Crippen LogP contribution is -2.07. The van der Waals surface area contributed by atoms with Gasteiger partial charge in [0.05, 0.1) is 11.8 Å². The SMILES string of the molecule is Cc1nnc2ccc(NN=Cc3c(F)c(F)c(F)c(F)c3F)nn12. The van der Waals surface area contributed by atoms with E-state index in [1.807, 2.05) is 0 Å². The summed E-state index contributed by atoms with van der Waals surface area (Å²) in [6.07, 6.45) is 0.473. The Hall–Kier alpha value is -3.11. The Morgan fingerprint density at radius 1 is 0.958 bits per heavy atom. The van der Waals surface area contributed by atoms with Crippen LogP contribution in [0.1, 0.15) is 11.4 Å². The maximum absolute atomic E-state index is 13.5. The standard InChI is InChI=1S/C13H7F5N6/c1-5-20-22-8-3-2-7(23-24(5)8)21-19-4-6-9(14)11(16)13(18)12(17)10(6)15/h2-4H,1H3,(H,21,23). The van der Waals surface area contributed by atoms with Crippen LogP contribution in [0.4, 0.5) is 27.8 Å². The van der Waals surface area contributed by atoms with E-state index < -0.39 is 34.6 Å². The van der Waals surface area contributed by atoms with E-state index in [0.717, 1.165) is 0 Å². The Bertz CT molecular complexity index is 938. The molecule has 1 N–H and O–H groups in total. The molecule has 0 saturated carbocycles. The predicted octanol–water partition coefficient (Wildman–Crippen LogP) is 2.57. The molecule has 0 bridgehead atoms. The van der Waals surface area contributed by atoms with Crippen molar-refractivity contribution in [2.24, 2.45) is 5.10 Å². The summed E-state index contributed by atoms with van der Waals surface area (Å²) in [6.45, 7) is 1.65. The first-order valence-electron chi connectivity index (χ1n) is 6.39. The highest BCUT2D eigenvalue weighted by Gasteiger charge is 2.24. The minimum Gasteiger partial charge on any atom is -0.260 e. The first-order valence-corrected chi connectivity index (χ1v) is 6.39. The van der Waals surface area contributed by atoms with Gasteiger partial charge in [-0.05, 0) is 19.1 Å². The summed E-state index contributed by atoms with van der Waals surface area (Å²) in [7, 11) is 0. The summed E-state index contributed by atoms with van der Waals surface area (Å²) < 4.78 is 67.4. The van der Waals surface area contributed by atoms with Crippen molar-refractivity contribution in [3.8, 4) is 0 Å². The zero-order valence-electron chi connectivity index (χ0n) is 11.9. The number of fused-ring (bicyclic) bond motifs is 1. The summed E-state index contributed by atoms with van der Waals surface area (Å²) >= 11 is 0. The molecule has 0 radical (unpaired) electrons. The maximum Gasteiger partial charge on any atom is 0.200 e. The third-order valence-corrected chi connectivity index (χ3v) is 3.04.